The lowest BCUT2D eigenvalue weighted by Gasteiger charge is -2.06. The second-order valence-electron chi connectivity index (χ2n) is 2.28. The molecule has 1 unspecified atom stereocenters. The van der Waals surface area contributed by atoms with Crippen molar-refractivity contribution in [2.24, 2.45) is 0 Å². The Morgan fingerprint density at radius 2 is 2.25 bits per heavy atom. The first-order chi connectivity index (χ1) is 5.72. The van der Waals surface area contributed by atoms with E-state index in [1.54, 1.807) is 19.1 Å². The molecule has 0 fully saturated rings. The molecule has 2 N–H and O–H groups in total. The van der Waals surface area contributed by atoms with Crippen molar-refractivity contribution in [2.75, 3.05) is 12.4 Å². The standard InChI is InChI=1S/C7H11N3O2/c1-5(11)8-6-3-4-7(12-2)10-9-6/h3-5,11H,1-2H3,(H,8,9). The lowest BCUT2D eigenvalue weighted by molar-refractivity contribution is 0.223. The summed E-state index contributed by atoms with van der Waals surface area (Å²) in [6, 6.07) is 3.34. The Balaban J connectivity index is 2.65. The predicted octanol–water partition coefficient (Wildman–Crippen LogP) is 0.235. The highest BCUT2D eigenvalue weighted by molar-refractivity contribution is 5.34. The summed E-state index contributed by atoms with van der Waals surface area (Å²) in [5, 5.41) is 19.1. The summed E-state index contributed by atoms with van der Waals surface area (Å²) < 4.78 is 4.81. The minimum absolute atomic E-state index is 0.450. The maximum absolute atomic E-state index is 8.92. The van der Waals surface area contributed by atoms with Crippen LogP contribution in [0.4, 0.5) is 5.82 Å². The van der Waals surface area contributed by atoms with Gasteiger partial charge in [0.05, 0.1) is 7.11 Å². The molecular weight excluding hydrogens is 158 g/mol. The zero-order chi connectivity index (χ0) is 8.97. The molecular formula is C7H11N3O2. The van der Waals surface area contributed by atoms with E-state index < -0.39 is 6.23 Å². The molecule has 0 aromatic carbocycles. The molecule has 0 saturated heterocycles. The maximum atomic E-state index is 8.92. The lowest BCUT2D eigenvalue weighted by atomic mass is 10.5. The maximum Gasteiger partial charge on any atom is 0.233 e. The van der Waals surface area contributed by atoms with Gasteiger partial charge in [-0.3, -0.25) is 0 Å². The number of nitrogens with one attached hydrogen (secondary N) is 1. The second kappa shape index (κ2) is 3.87. The van der Waals surface area contributed by atoms with Crippen molar-refractivity contribution >= 4 is 5.82 Å². The number of ether oxygens (including phenoxy) is 1. The minimum Gasteiger partial charge on any atom is -0.480 e. The van der Waals surface area contributed by atoms with Crippen LogP contribution in [0.25, 0.3) is 0 Å². The number of aromatic nitrogens is 2. The van der Waals surface area contributed by atoms with Crippen LogP contribution >= 0.6 is 0 Å². The Labute approximate surface area is 70.4 Å². The quantitative estimate of drug-likeness (QED) is 0.634. The summed E-state index contributed by atoms with van der Waals surface area (Å²) in [5.74, 6) is 0.969. The molecule has 0 spiro atoms. The molecule has 1 rings (SSSR count). The summed E-state index contributed by atoms with van der Waals surface area (Å²) in [7, 11) is 1.52. The average molecular weight is 169 g/mol. The van der Waals surface area contributed by atoms with E-state index in [-0.39, 0.29) is 0 Å². The van der Waals surface area contributed by atoms with Gasteiger partial charge in [-0.05, 0) is 13.0 Å². The van der Waals surface area contributed by atoms with Gasteiger partial charge in [-0.2, -0.15) is 0 Å². The van der Waals surface area contributed by atoms with E-state index in [0.717, 1.165) is 0 Å². The topological polar surface area (TPSA) is 67.3 Å². The molecule has 66 valence electrons. The average Bonchev–Trinajstić information content (AvgIpc) is 2.05. The van der Waals surface area contributed by atoms with Gasteiger partial charge in [0.25, 0.3) is 0 Å². The summed E-state index contributed by atoms with van der Waals surface area (Å²) in [5.41, 5.74) is 0. The number of anilines is 1. The first kappa shape index (κ1) is 8.73. The number of nitrogens with zero attached hydrogens (tertiary/aromatic N) is 2. The third kappa shape index (κ3) is 2.35. The molecule has 1 heterocycles. The van der Waals surface area contributed by atoms with Gasteiger partial charge in [-0.25, -0.2) is 0 Å². The van der Waals surface area contributed by atoms with Crippen LogP contribution in [0, 0.1) is 0 Å². The number of rotatable bonds is 3. The lowest BCUT2D eigenvalue weighted by Crippen LogP contribution is -2.14. The summed E-state index contributed by atoms with van der Waals surface area (Å²) in [6.45, 7) is 1.60. The predicted molar refractivity (Wildman–Crippen MR) is 43.9 cm³/mol. The van der Waals surface area contributed by atoms with E-state index >= 15 is 0 Å². The number of aliphatic hydroxyl groups is 1. The smallest absolute Gasteiger partial charge is 0.233 e. The molecule has 0 aliphatic rings. The van der Waals surface area contributed by atoms with Crippen molar-refractivity contribution < 1.29 is 9.84 Å². The van der Waals surface area contributed by atoms with E-state index in [4.69, 9.17) is 9.84 Å². The monoisotopic (exact) mass is 169 g/mol. The Kier molecular flexibility index (Phi) is 2.82. The first-order valence-corrected chi connectivity index (χ1v) is 3.54. The van der Waals surface area contributed by atoms with Crippen LogP contribution in [0.1, 0.15) is 6.92 Å². The Hall–Kier alpha value is -1.36. The first-order valence-electron chi connectivity index (χ1n) is 3.54. The van der Waals surface area contributed by atoms with Gasteiger partial charge in [0.1, 0.15) is 6.23 Å². The van der Waals surface area contributed by atoms with Crippen LogP contribution in [-0.2, 0) is 0 Å². The molecule has 0 aliphatic heterocycles. The van der Waals surface area contributed by atoms with E-state index in [0.29, 0.717) is 11.7 Å². The van der Waals surface area contributed by atoms with Crippen molar-refractivity contribution in [1.29, 1.82) is 0 Å². The molecule has 1 aromatic rings. The molecule has 1 atom stereocenters. The van der Waals surface area contributed by atoms with Gasteiger partial charge in [0.15, 0.2) is 5.82 Å². The van der Waals surface area contributed by atoms with Crippen molar-refractivity contribution in [3.63, 3.8) is 0 Å². The molecule has 0 radical (unpaired) electrons. The van der Waals surface area contributed by atoms with Crippen LogP contribution in [-0.4, -0.2) is 28.6 Å². The van der Waals surface area contributed by atoms with Crippen LogP contribution < -0.4 is 10.1 Å². The van der Waals surface area contributed by atoms with Crippen molar-refractivity contribution in [3.05, 3.63) is 12.1 Å². The number of methoxy groups -OCH3 is 1. The number of hydrogen-bond donors (Lipinski definition) is 2. The van der Waals surface area contributed by atoms with Crippen LogP contribution in [0.3, 0.4) is 0 Å². The Bertz CT molecular complexity index is 235. The van der Waals surface area contributed by atoms with Gasteiger partial charge in [-0.1, -0.05) is 0 Å². The molecule has 5 nitrogen and oxygen atoms in total. The van der Waals surface area contributed by atoms with Crippen LogP contribution in [0.5, 0.6) is 5.88 Å². The van der Waals surface area contributed by atoms with E-state index in [1.807, 2.05) is 0 Å². The third-order valence-corrected chi connectivity index (χ3v) is 1.21. The molecule has 0 saturated carbocycles. The summed E-state index contributed by atoms with van der Waals surface area (Å²) >= 11 is 0. The van der Waals surface area contributed by atoms with Crippen molar-refractivity contribution in [1.82, 2.24) is 10.2 Å². The summed E-state index contributed by atoms with van der Waals surface area (Å²) in [6.07, 6.45) is -0.632. The highest BCUT2D eigenvalue weighted by Crippen LogP contribution is 2.07. The van der Waals surface area contributed by atoms with Gasteiger partial charge < -0.3 is 15.2 Å². The minimum atomic E-state index is -0.632. The zero-order valence-electron chi connectivity index (χ0n) is 6.98. The van der Waals surface area contributed by atoms with Crippen LogP contribution in [0.15, 0.2) is 12.1 Å². The third-order valence-electron chi connectivity index (χ3n) is 1.21. The van der Waals surface area contributed by atoms with Gasteiger partial charge >= 0.3 is 0 Å². The Morgan fingerprint density at radius 1 is 1.50 bits per heavy atom. The van der Waals surface area contributed by atoms with Crippen molar-refractivity contribution in [2.45, 2.75) is 13.2 Å². The fraction of sp³-hybridized carbons (Fsp3) is 0.429. The van der Waals surface area contributed by atoms with Crippen LogP contribution in [0.2, 0.25) is 0 Å². The fourth-order valence-corrected chi connectivity index (χ4v) is 0.720. The largest absolute Gasteiger partial charge is 0.480 e. The number of hydrogen-bond acceptors (Lipinski definition) is 5. The van der Waals surface area contributed by atoms with Crippen molar-refractivity contribution in [3.8, 4) is 5.88 Å². The normalized spacial score (nSPS) is 12.2. The highest BCUT2D eigenvalue weighted by Gasteiger charge is 1.98. The SMILES string of the molecule is COc1ccc(NC(C)O)nn1. The molecule has 1 aromatic heterocycles. The van der Waals surface area contributed by atoms with Gasteiger partial charge in [0.2, 0.25) is 5.88 Å². The second-order valence-corrected chi connectivity index (χ2v) is 2.28. The molecule has 0 aliphatic carbocycles. The van der Waals surface area contributed by atoms with E-state index in [2.05, 4.69) is 15.5 Å². The highest BCUT2D eigenvalue weighted by atomic mass is 16.5. The van der Waals surface area contributed by atoms with Gasteiger partial charge in [-0.15, -0.1) is 10.2 Å². The fourth-order valence-electron chi connectivity index (χ4n) is 0.720. The zero-order valence-corrected chi connectivity index (χ0v) is 6.98. The molecule has 12 heavy (non-hydrogen) atoms. The molecule has 0 amide bonds. The molecule has 5 heteroatoms. The summed E-state index contributed by atoms with van der Waals surface area (Å²) in [4.78, 5) is 0. The Morgan fingerprint density at radius 3 is 2.67 bits per heavy atom. The number of aliphatic hydroxyl groups excluding tert-OH is 1. The van der Waals surface area contributed by atoms with E-state index in [9.17, 15) is 0 Å². The van der Waals surface area contributed by atoms with E-state index in [1.165, 1.54) is 7.11 Å². The van der Waals surface area contributed by atoms with Gasteiger partial charge in [0, 0.05) is 6.07 Å². The molecule has 0 bridgehead atoms.